The number of amidine groups is 1. The Kier molecular flexibility index (Phi) is 2.75. The summed E-state index contributed by atoms with van der Waals surface area (Å²) in [5, 5.41) is 20.9. The number of anilines is 2. The fraction of sp³-hybridized carbons (Fsp3) is 0.0833. The highest BCUT2D eigenvalue weighted by Gasteiger charge is 2.40. The van der Waals surface area contributed by atoms with Crippen LogP contribution in [0.4, 0.5) is 11.4 Å². The van der Waals surface area contributed by atoms with Gasteiger partial charge < -0.3 is 10.4 Å². The van der Waals surface area contributed by atoms with Gasteiger partial charge in [-0.1, -0.05) is 11.6 Å². The molecule has 3 N–H and O–H groups in total. The van der Waals surface area contributed by atoms with Gasteiger partial charge in [0.1, 0.15) is 12.7 Å². The van der Waals surface area contributed by atoms with Gasteiger partial charge in [-0.05, 0) is 12.1 Å². The Morgan fingerprint density at radius 2 is 2.00 bits per heavy atom. The lowest BCUT2D eigenvalue weighted by Gasteiger charge is -2.31. The van der Waals surface area contributed by atoms with E-state index in [9.17, 15) is 9.59 Å². The molecule has 10 nitrogen and oxygen atoms in total. The maximum absolute atomic E-state index is 12.1. The maximum Gasteiger partial charge on any atom is 0.373 e. The lowest BCUT2D eigenvalue weighted by molar-refractivity contribution is -0.129. The molecule has 4 rings (SSSR count). The lowest BCUT2D eigenvalue weighted by Crippen LogP contribution is -2.50. The van der Waals surface area contributed by atoms with Crippen LogP contribution in [0.3, 0.4) is 0 Å². The number of rotatable bonds is 2. The van der Waals surface area contributed by atoms with Crippen molar-refractivity contribution in [3.05, 3.63) is 29.8 Å². The number of carbonyl (C=O) groups is 2. The second-order valence-corrected chi connectivity index (χ2v) is 5.22. The summed E-state index contributed by atoms with van der Waals surface area (Å²) in [4.78, 5) is 27.0. The van der Waals surface area contributed by atoms with Crippen LogP contribution < -0.4 is 15.8 Å². The van der Waals surface area contributed by atoms with Crippen molar-refractivity contribution in [2.75, 3.05) is 10.3 Å². The summed E-state index contributed by atoms with van der Waals surface area (Å²) in [6, 6.07) is 3.25. The molecule has 0 saturated heterocycles. The van der Waals surface area contributed by atoms with E-state index < -0.39 is 18.0 Å². The fourth-order valence-electron chi connectivity index (χ4n) is 2.43. The molecule has 1 atom stereocenters. The number of fused-ring (bicyclic) bond motifs is 3. The third-order valence-electron chi connectivity index (χ3n) is 3.44. The first-order valence-corrected chi connectivity index (χ1v) is 6.79. The molecule has 0 fully saturated rings. The smallest absolute Gasteiger partial charge is 0.373 e. The normalized spacial score (nSPS) is 18.7. The van der Waals surface area contributed by atoms with Crippen molar-refractivity contribution in [2.45, 2.75) is 6.17 Å². The standard InChI is InChI=1S/C12H8ClN7O3/c13-5-1-6-8(2-7(5)19-3-14-15-4-19)20-10(11(21)16-6)17-9(18-20)12(22)23/h1-4,10H,(H,16,21)(H,17,18)(H,22,23). The van der Waals surface area contributed by atoms with E-state index in [1.54, 1.807) is 16.7 Å². The molecule has 0 radical (unpaired) electrons. The van der Waals surface area contributed by atoms with Crippen molar-refractivity contribution >= 4 is 40.7 Å². The van der Waals surface area contributed by atoms with Crippen LogP contribution in [-0.2, 0) is 9.59 Å². The Labute approximate surface area is 133 Å². The highest BCUT2D eigenvalue weighted by molar-refractivity contribution is 6.36. The number of amides is 1. The molecule has 3 heterocycles. The van der Waals surface area contributed by atoms with Gasteiger partial charge in [0.05, 0.1) is 22.1 Å². The molecule has 1 aromatic carbocycles. The second-order valence-electron chi connectivity index (χ2n) is 4.82. The van der Waals surface area contributed by atoms with E-state index in [0.29, 0.717) is 22.1 Å². The highest BCUT2D eigenvalue weighted by Crippen LogP contribution is 2.38. The molecule has 1 amide bonds. The van der Waals surface area contributed by atoms with Gasteiger partial charge in [-0.25, -0.2) is 14.8 Å². The molecule has 2 aromatic rings. The molecule has 0 aliphatic carbocycles. The number of aliphatic imine (C=N–C) groups is 1. The summed E-state index contributed by atoms with van der Waals surface area (Å²) in [6.45, 7) is 0. The van der Waals surface area contributed by atoms with Crippen molar-refractivity contribution < 1.29 is 14.7 Å². The average molecular weight is 334 g/mol. The van der Waals surface area contributed by atoms with Gasteiger partial charge in [0.2, 0.25) is 12.0 Å². The SMILES string of the molecule is O=C(O)C1=NC2C(=O)Nc3cc(Cl)c(-n4cnnc4)cc3N2N1. The molecule has 23 heavy (non-hydrogen) atoms. The number of nitrogens with zero attached hydrogens (tertiary/aromatic N) is 5. The van der Waals surface area contributed by atoms with Crippen LogP contribution in [-0.4, -0.2) is 43.7 Å². The zero-order valence-corrected chi connectivity index (χ0v) is 12.0. The molecular weight excluding hydrogens is 326 g/mol. The van der Waals surface area contributed by atoms with Crippen LogP contribution in [0.25, 0.3) is 5.69 Å². The van der Waals surface area contributed by atoms with E-state index in [0.717, 1.165) is 0 Å². The first kappa shape index (κ1) is 13.5. The number of nitrogens with one attached hydrogen (secondary N) is 2. The van der Waals surface area contributed by atoms with Crippen LogP contribution in [0, 0.1) is 0 Å². The van der Waals surface area contributed by atoms with E-state index >= 15 is 0 Å². The molecular formula is C12H8ClN7O3. The van der Waals surface area contributed by atoms with E-state index in [4.69, 9.17) is 16.7 Å². The number of carboxylic acid groups (broad SMARTS) is 1. The van der Waals surface area contributed by atoms with Gasteiger partial charge in [0.15, 0.2) is 0 Å². The summed E-state index contributed by atoms with van der Waals surface area (Å²) in [7, 11) is 0. The highest BCUT2D eigenvalue weighted by atomic mass is 35.5. The summed E-state index contributed by atoms with van der Waals surface area (Å²) in [5.41, 5.74) is 4.17. The molecule has 11 heteroatoms. The minimum absolute atomic E-state index is 0.307. The van der Waals surface area contributed by atoms with E-state index in [2.05, 4.69) is 25.9 Å². The molecule has 1 aromatic heterocycles. The van der Waals surface area contributed by atoms with Crippen LogP contribution in [0.2, 0.25) is 5.02 Å². The van der Waals surface area contributed by atoms with Crippen molar-refractivity contribution in [1.82, 2.24) is 20.2 Å². The predicted octanol–water partition coefficient (Wildman–Crippen LogP) is 0.00660. The molecule has 2 aliphatic heterocycles. The number of halogens is 1. The van der Waals surface area contributed by atoms with Crippen LogP contribution in [0.5, 0.6) is 0 Å². The minimum atomic E-state index is -1.25. The molecule has 2 aliphatic rings. The quantitative estimate of drug-likeness (QED) is 0.706. The van der Waals surface area contributed by atoms with Gasteiger partial charge in [0.25, 0.3) is 5.91 Å². The third kappa shape index (κ3) is 1.99. The van der Waals surface area contributed by atoms with Crippen molar-refractivity contribution in [2.24, 2.45) is 4.99 Å². The molecule has 0 saturated carbocycles. The number of carboxylic acids is 1. The number of carbonyl (C=O) groups excluding carboxylic acids is 1. The fourth-order valence-corrected chi connectivity index (χ4v) is 2.69. The Bertz CT molecular complexity index is 864. The average Bonchev–Trinajstić information content (AvgIpc) is 3.16. The van der Waals surface area contributed by atoms with Gasteiger partial charge in [-0.2, -0.15) is 0 Å². The van der Waals surface area contributed by atoms with Gasteiger partial charge >= 0.3 is 5.97 Å². The van der Waals surface area contributed by atoms with Crippen LogP contribution >= 0.6 is 11.6 Å². The topological polar surface area (TPSA) is 125 Å². The number of hydrogen-bond donors (Lipinski definition) is 3. The first-order chi connectivity index (χ1) is 11.0. The Morgan fingerprint density at radius 1 is 1.26 bits per heavy atom. The number of benzene rings is 1. The Hall–Kier alpha value is -3.14. The Morgan fingerprint density at radius 3 is 2.70 bits per heavy atom. The molecule has 0 spiro atoms. The summed E-state index contributed by atoms with van der Waals surface area (Å²) in [5.74, 6) is -2.00. The lowest BCUT2D eigenvalue weighted by atomic mass is 10.1. The molecule has 0 bridgehead atoms. The van der Waals surface area contributed by atoms with Crippen molar-refractivity contribution in [1.29, 1.82) is 0 Å². The summed E-state index contributed by atoms with van der Waals surface area (Å²) < 4.78 is 1.60. The minimum Gasteiger partial charge on any atom is -0.475 e. The zero-order chi connectivity index (χ0) is 16.1. The number of hydrogen-bond acceptors (Lipinski definition) is 7. The van der Waals surface area contributed by atoms with E-state index in [-0.39, 0.29) is 5.84 Å². The third-order valence-corrected chi connectivity index (χ3v) is 3.74. The van der Waals surface area contributed by atoms with Crippen molar-refractivity contribution in [3.8, 4) is 5.69 Å². The first-order valence-electron chi connectivity index (χ1n) is 6.41. The second kappa shape index (κ2) is 4.68. The monoisotopic (exact) mass is 333 g/mol. The van der Waals surface area contributed by atoms with Crippen LogP contribution in [0.1, 0.15) is 0 Å². The predicted molar refractivity (Wildman–Crippen MR) is 79.5 cm³/mol. The summed E-state index contributed by atoms with van der Waals surface area (Å²) >= 11 is 6.23. The van der Waals surface area contributed by atoms with E-state index in [1.807, 2.05) is 0 Å². The maximum atomic E-state index is 12.1. The molecule has 1 unspecified atom stereocenters. The zero-order valence-electron chi connectivity index (χ0n) is 11.3. The van der Waals surface area contributed by atoms with Crippen LogP contribution in [0.15, 0.2) is 29.8 Å². The summed E-state index contributed by atoms with van der Waals surface area (Å²) in [6.07, 6.45) is 1.95. The Balaban J connectivity index is 1.83. The molecule has 116 valence electrons. The largest absolute Gasteiger partial charge is 0.475 e. The number of aromatic nitrogens is 3. The number of aliphatic carboxylic acids is 1. The van der Waals surface area contributed by atoms with Gasteiger partial charge in [0, 0.05) is 0 Å². The van der Waals surface area contributed by atoms with Crippen molar-refractivity contribution in [3.63, 3.8) is 0 Å². The van der Waals surface area contributed by atoms with Gasteiger partial charge in [-0.3, -0.25) is 14.8 Å². The van der Waals surface area contributed by atoms with Gasteiger partial charge in [-0.15, -0.1) is 10.2 Å². The number of hydrazine groups is 1. The van der Waals surface area contributed by atoms with E-state index in [1.165, 1.54) is 17.7 Å².